The monoisotopic (exact) mass is 274 g/mol. The van der Waals surface area contributed by atoms with Gasteiger partial charge in [0.05, 0.1) is 0 Å². The van der Waals surface area contributed by atoms with E-state index < -0.39 is 0 Å². The van der Waals surface area contributed by atoms with Gasteiger partial charge in [-0.05, 0) is 65.2 Å². The van der Waals surface area contributed by atoms with Crippen molar-refractivity contribution in [2.75, 3.05) is 0 Å². The largest absolute Gasteiger partial charge is 0.0622 e. The van der Waals surface area contributed by atoms with Crippen molar-refractivity contribution in [1.29, 1.82) is 0 Å². The van der Waals surface area contributed by atoms with Gasteiger partial charge in [-0.25, -0.2) is 0 Å². The molecule has 0 heteroatoms. The Hall–Kier alpha value is -1.56. The van der Waals surface area contributed by atoms with Crippen molar-refractivity contribution in [3.05, 3.63) is 59.7 Å². The van der Waals surface area contributed by atoms with Crippen LogP contribution in [0.4, 0.5) is 0 Å². The Bertz CT molecular complexity index is 653. The van der Waals surface area contributed by atoms with Gasteiger partial charge in [0.15, 0.2) is 0 Å². The van der Waals surface area contributed by atoms with Gasteiger partial charge in [0, 0.05) is 5.92 Å². The first-order valence-corrected chi connectivity index (χ1v) is 8.51. The minimum Gasteiger partial charge on any atom is -0.0622 e. The van der Waals surface area contributed by atoms with Crippen LogP contribution in [0.5, 0.6) is 0 Å². The summed E-state index contributed by atoms with van der Waals surface area (Å²) in [5.74, 6) is 4.76. The summed E-state index contributed by atoms with van der Waals surface area (Å²) in [5.41, 5.74) is 6.08. The highest BCUT2D eigenvalue weighted by Crippen LogP contribution is 2.63. The number of hydrogen-bond donors (Lipinski definition) is 0. The third-order valence-corrected chi connectivity index (χ3v) is 6.40. The van der Waals surface area contributed by atoms with E-state index in [9.17, 15) is 0 Å². The van der Waals surface area contributed by atoms with Gasteiger partial charge < -0.3 is 0 Å². The summed E-state index contributed by atoms with van der Waals surface area (Å²) in [4.78, 5) is 0. The summed E-state index contributed by atoms with van der Waals surface area (Å²) in [5, 5.41) is 0. The molecule has 3 aliphatic rings. The van der Waals surface area contributed by atoms with Crippen LogP contribution in [0.25, 0.3) is 11.1 Å². The van der Waals surface area contributed by atoms with E-state index in [0.29, 0.717) is 5.92 Å². The lowest BCUT2D eigenvalue weighted by Crippen LogP contribution is -2.24. The fraction of sp³-hybridized carbons (Fsp3) is 0.429. The maximum Gasteiger partial charge on any atom is 0.0104 e. The molecule has 0 nitrogen and oxygen atoms in total. The normalized spacial score (nSPS) is 30.0. The quantitative estimate of drug-likeness (QED) is 0.695. The Morgan fingerprint density at radius 3 is 2.05 bits per heavy atom. The molecule has 2 aromatic carbocycles. The fourth-order valence-electron chi connectivity index (χ4n) is 5.11. The molecule has 0 bridgehead atoms. The molecule has 2 fully saturated rings. The van der Waals surface area contributed by atoms with Crippen LogP contribution in [0.2, 0.25) is 0 Å². The first kappa shape index (κ1) is 12.0. The molecule has 0 amide bonds. The van der Waals surface area contributed by atoms with Gasteiger partial charge in [0.1, 0.15) is 0 Å². The molecule has 2 saturated carbocycles. The summed E-state index contributed by atoms with van der Waals surface area (Å²) < 4.78 is 0. The van der Waals surface area contributed by atoms with Crippen molar-refractivity contribution in [2.24, 2.45) is 23.7 Å². The zero-order valence-electron chi connectivity index (χ0n) is 12.6. The first-order chi connectivity index (χ1) is 10.3. The molecule has 4 unspecified atom stereocenters. The Morgan fingerprint density at radius 2 is 1.52 bits per heavy atom. The lowest BCUT2D eigenvalue weighted by Gasteiger charge is -2.33. The Morgan fingerprint density at radius 1 is 0.905 bits per heavy atom. The molecular weight excluding hydrogens is 252 g/mol. The van der Waals surface area contributed by atoms with Crippen molar-refractivity contribution in [1.82, 2.24) is 0 Å². The van der Waals surface area contributed by atoms with E-state index in [-0.39, 0.29) is 0 Å². The second-order valence-corrected chi connectivity index (χ2v) is 7.50. The molecule has 0 aliphatic heterocycles. The number of hydrogen-bond acceptors (Lipinski definition) is 0. The van der Waals surface area contributed by atoms with Gasteiger partial charge in [-0.1, -0.05) is 55.5 Å². The Labute approximate surface area is 127 Å². The molecule has 0 heterocycles. The van der Waals surface area contributed by atoms with Crippen molar-refractivity contribution in [3.63, 3.8) is 0 Å². The summed E-state index contributed by atoms with van der Waals surface area (Å²) in [6.45, 7) is 2.50. The van der Waals surface area contributed by atoms with Gasteiger partial charge in [-0.15, -0.1) is 0 Å². The average molecular weight is 274 g/mol. The van der Waals surface area contributed by atoms with E-state index in [2.05, 4.69) is 55.5 Å². The molecule has 2 aromatic rings. The van der Waals surface area contributed by atoms with Crippen LogP contribution < -0.4 is 0 Å². The van der Waals surface area contributed by atoms with E-state index in [1.807, 2.05) is 0 Å². The van der Waals surface area contributed by atoms with E-state index in [1.54, 1.807) is 11.1 Å². The highest BCUT2D eigenvalue weighted by atomic mass is 14.6. The zero-order valence-corrected chi connectivity index (χ0v) is 12.6. The molecule has 4 atom stereocenters. The van der Waals surface area contributed by atoms with Crippen LogP contribution >= 0.6 is 0 Å². The van der Waals surface area contributed by atoms with Gasteiger partial charge in [0.2, 0.25) is 0 Å². The number of fused-ring (bicyclic) bond motifs is 4. The number of benzene rings is 2. The van der Waals surface area contributed by atoms with Crippen molar-refractivity contribution in [3.8, 4) is 11.1 Å². The minimum atomic E-state index is 0.630. The molecule has 0 spiro atoms. The summed E-state index contributed by atoms with van der Waals surface area (Å²) in [6, 6.07) is 18.1. The molecular formula is C21H22. The van der Waals surface area contributed by atoms with Crippen LogP contribution in [-0.2, 0) is 0 Å². The molecule has 21 heavy (non-hydrogen) atoms. The second-order valence-electron chi connectivity index (χ2n) is 7.50. The van der Waals surface area contributed by atoms with Gasteiger partial charge in [-0.3, -0.25) is 0 Å². The van der Waals surface area contributed by atoms with Crippen LogP contribution in [0.1, 0.15) is 43.2 Å². The lowest BCUT2D eigenvalue weighted by molar-refractivity contribution is 0.187. The van der Waals surface area contributed by atoms with E-state index in [0.717, 1.165) is 23.7 Å². The standard InChI is InChI=1S/C21H22/c1-13(19-11-14-12-20(14)19)10-21-17-8-4-2-6-15(17)16-7-3-5-9-18(16)21/h2-9,13-14,19-21H,10-12H2,1H3. The van der Waals surface area contributed by atoms with E-state index in [1.165, 1.54) is 30.4 Å². The van der Waals surface area contributed by atoms with E-state index >= 15 is 0 Å². The Kier molecular flexibility index (Phi) is 2.42. The molecule has 0 radical (unpaired) electrons. The summed E-state index contributed by atoms with van der Waals surface area (Å²) in [7, 11) is 0. The summed E-state index contributed by atoms with van der Waals surface area (Å²) >= 11 is 0. The number of rotatable bonds is 3. The van der Waals surface area contributed by atoms with Crippen molar-refractivity contribution in [2.45, 2.75) is 32.1 Å². The maximum atomic E-state index is 2.50. The smallest absolute Gasteiger partial charge is 0.0104 e. The molecule has 5 rings (SSSR count). The molecule has 0 aromatic heterocycles. The minimum absolute atomic E-state index is 0.630. The average Bonchev–Trinajstić information content (AvgIpc) is 3.03. The third-order valence-electron chi connectivity index (χ3n) is 6.40. The van der Waals surface area contributed by atoms with Crippen LogP contribution in [-0.4, -0.2) is 0 Å². The molecule has 0 saturated heterocycles. The molecule has 3 aliphatic carbocycles. The molecule has 0 N–H and O–H groups in total. The molecule has 106 valence electrons. The van der Waals surface area contributed by atoms with E-state index in [4.69, 9.17) is 0 Å². The highest BCUT2D eigenvalue weighted by Gasteiger charge is 2.54. The predicted molar refractivity (Wildman–Crippen MR) is 87.2 cm³/mol. The zero-order chi connectivity index (χ0) is 14.0. The van der Waals surface area contributed by atoms with Crippen LogP contribution in [0.3, 0.4) is 0 Å². The van der Waals surface area contributed by atoms with Crippen molar-refractivity contribution < 1.29 is 0 Å². The predicted octanol–water partition coefficient (Wildman–Crippen LogP) is 5.48. The first-order valence-electron chi connectivity index (χ1n) is 8.51. The van der Waals surface area contributed by atoms with Crippen LogP contribution in [0.15, 0.2) is 48.5 Å². The SMILES string of the molecule is CC(CC1c2ccccc2-c2ccccc21)C1CC2CC21. The van der Waals surface area contributed by atoms with Gasteiger partial charge in [-0.2, -0.15) is 0 Å². The topological polar surface area (TPSA) is 0 Å². The Balaban J connectivity index is 1.50. The van der Waals surface area contributed by atoms with Crippen LogP contribution in [0, 0.1) is 23.7 Å². The van der Waals surface area contributed by atoms with Gasteiger partial charge >= 0.3 is 0 Å². The fourth-order valence-corrected chi connectivity index (χ4v) is 5.11. The third kappa shape index (κ3) is 1.68. The van der Waals surface area contributed by atoms with Crippen molar-refractivity contribution >= 4 is 0 Å². The second kappa shape index (κ2) is 4.22. The maximum absolute atomic E-state index is 2.50. The van der Waals surface area contributed by atoms with Gasteiger partial charge in [0.25, 0.3) is 0 Å². The summed E-state index contributed by atoms with van der Waals surface area (Å²) in [6.07, 6.45) is 4.39. The highest BCUT2D eigenvalue weighted by molar-refractivity contribution is 5.78. The lowest BCUT2D eigenvalue weighted by atomic mass is 9.72.